The summed E-state index contributed by atoms with van der Waals surface area (Å²) < 4.78 is 2.31. The summed E-state index contributed by atoms with van der Waals surface area (Å²) in [6.45, 7) is 2.36. The van der Waals surface area contributed by atoms with E-state index in [2.05, 4.69) is 26.6 Å². The maximum atomic E-state index is 6.46. The van der Waals surface area contributed by atoms with E-state index in [-0.39, 0.29) is 6.04 Å². The van der Waals surface area contributed by atoms with Gasteiger partial charge in [-0.25, -0.2) is 4.98 Å². The SMILES string of the molecule is NC(c1ccccc1)c1cncn1C1CCN(C2CC2)C1. The van der Waals surface area contributed by atoms with Gasteiger partial charge in [0.15, 0.2) is 0 Å². The zero-order valence-electron chi connectivity index (χ0n) is 12.2. The Morgan fingerprint density at radius 3 is 2.67 bits per heavy atom. The Kier molecular flexibility index (Phi) is 3.28. The van der Waals surface area contributed by atoms with Crippen molar-refractivity contribution in [2.45, 2.75) is 37.4 Å². The van der Waals surface area contributed by atoms with Crippen LogP contribution < -0.4 is 5.73 Å². The number of rotatable bonds is 4. The van der Waals surface area contributed by atoms with Crippen LogP contribution in [0.25, 0.3) is 0 Å². The molecule has 4 heteroatoms. The average Bonchev–Trinajstić information content (AvgIpc) is 3.07. The summed E-state index contributed by atoms with van der Waals surface area (Å²) in [7, 11) is 0. The maximum Gasteiger partial charge on any atom is 0.0951 e. The van der Waals surface area contributed by atoms with Gasteiger partial charge in [-0.05, 0) is 24.8 Å². The molecule has 0 radical (unpaired) electrons. The van der Waals surface area contributed by atoms with E-state index >= 15 is 0 Å². The van der Waals surface area contributed by atoms with E-state index in [0.29, 0.717) is 6.04 Å². The van der Waals surface area contributed by atoms with Crippen molar-refractivity contribution in [1.82, 2.24) is 14.5 Å². The number of nitrogens with zero attached hydrogens (tertiary/aromatic N) is 3. The monoisotopic (exact) mass is 282 g/mol. The molecule has 2 fully saturated rings. The van der Waals surface area contributed by atoms with E-state index < -0.39 is 0 Å². The standard InChI is InChI=1S/C17H22N4/c18-17(13-4-2-1-3-5-13)16-10-19-12-21(16)15-8-9-20(11-15)14-6-7-14/h1-5,10,12,14-15,17H,6-9,11,18H2. The first kappa shape index (κ1) is 13.0. The lowest BCUT2D eigenvalue weighted by Gasteiger charge is -2.20. The third-order valence-corrected chi connectivity index (χ3v) is 4.82. The quantitative estimate of drug-likeness (QED) is 0.936. The van der Waals surface area contributed by atoms with Crippen LogP contribution in [0, 0.1) is 0 Å². The average molecular weight is 282 g/mol. The summed E-state index contributed by atoms with van der Waals surface area (Å²) in [5, 5.41) is 0. The lowest BCUT2D eigenvalue weighted by Crippen LogP contribution is -2.25. The van der Waals surface area contributed by atoms with Crippen LogP contribution in [0.2, 0.25) is 0 Å². The molecule has 21 heavy (non-hydrogen) atoms. The number of hydrogen-bond acceptors (Lipinski definition) is 3. The fourth-order valence-corrected chi connectivity index (χ4v) is 3.46. The van der Waals surface area contributed by atoms with Crippen molar-refractivity contribution in [3.05, 3.63) is 54.1 Å². The number of aromatic nitrogens is 2. The van der Waals surface area contributed by atoms with E-state index in [4.69, 9.17) is 5.73 Å². The molecule has 2 unspecified atom stereocenters. The fourth-order valence-electron chi connectivity index (χ4n) is 3.46. The summed E-state index contributed by atoms with van der Waals surface area (Å²) in [4.78, 5) is 6.99. The minimum atomic E-state index is -0.0938. The van der Waals surface area contributed by atoms with Gasteiger partial charge in [0.25, 0.3) is 0 Å². The molecule has 1 aromatic heterocycles. The molecule has 1 saturated heterocycles. The van der Waals surface area contributed by atoms with E-state index in [1.807, 2.05) is 30.7 Å². The molecule has 1 aliphatic heterocycles. The van der Waals surface area contributed by atoms with Crippen LogP contribution in [0.1, 0.15) is 42.6 Å². The Morgan fingerprint density at radius 1 is 1.10 bits per heavy atom. The van der Waals surface area contributed by atoms with Gasteiger partial charge >= 0.3 is 0 Å². The molecule has 1 saturated carbocycles. The van der Waals surface area contributed by atoms with Gasteiger partial charge in [0.05, 0.1) is 24.3 Å². The summed E-state index contributed by atoms with van der Waals surface area (Å²) >= 11 is 0. The molecule has 2 aliphatic rings. The van der Waals surface area contributed by atoms with Crippen LogP contribution in [-0.2, 0) is 0 Å². The smallest absolute Gasteiger partial charge is 0.0951 e. The molecule has 2 aromatic rings. The number of benzene rings is 1. The predicted octanol–water partition coefficient (Wildman–Crippen LogP) is 2.34. The highest BCUT2D eigenvalue weighted by Gasteiger charge is 2.35. The predicted molar refractivity (Wildman–Crippen MR) is 82.9 cm³/mol. The van der Waals surface area contributed by atoms with Gasteiger partial charge < -0.3 is 10.3 Å². The molecule has 2 heterocycles. The lowest BCUT2D eigenvalue weighted by molar-refractivity contribution is 0.312. The van der Waals surface area contributed by atoms with Gasteiger partial charge in [0, 0.05) is 25.2 Å². The molecular formula is C17H22N4. The molecule has 110 valence electrons. The van der Waals surface area contributed by atoms with Gasteiger partial charge in [0.2, 0.25) is 0 Å². The number of hydrogen-bond donors (Lipinski definition) is 1. The summed E-state index contributed by atoms with van der Waals surface area (Å²) in [6, 6.07) is 11.6. The normalized spacial score (nSPS) is 24.3. The third kappa shape index (κ3) is 2.49. The largest absolute Gasteiger partial charge is 0.328 e. The maximum absolute atomic E-state index is 6.46. The van der Waals surface area contributed by atoms with E-state index in [1.165, 1.54) is 25.8 Å². The minimum Gasteiger partial charge on any atom is -0.328 e. The van der Waals surface area contributed by atoms with Crippen LogP contribution >= 0.6 is 0 Å². The van der Waals surface area contributed by atoms with Gasteiger partial charge in [-0.15, -0.1) is 0 Å². The van der Waals surface area contributed by atoms with Crippen LogP contribution in [-0.4, -0.2) is 33.6 Å². The van der Waals surface area contributed by atoms with Crippen LogP contribution in [0.4, 0.5) is 0 Å². The molecular weight excluding hydrogens is 260 g/mol. The topological polar surface area (TPSA) is 47.1 Å². The third-order valence-electron chi connectivity index (χ3n) is 4.82. The first-order valence-corrected chi connectivity index (χ1v) is 7.89. The Hall–Kier alpha value is -1.65. The van der Waals surface area contributed by atoms with Crippen molar-refractivity contribution in [1.29, 1.82) is 0 Å². The second-order valence-electron chi connectivity index (χ2n) is 6.28. The number of imidazole rings is 1. The fraction of sp³-hybridized carbons (Fsp3) is 0.471. The molecule has 2 N–H and O–H groups in total. The molecule has 4 nitrogen and oxygen atoms in total. The number of nitrogens with two attached hydrogens (primary N) is 1. The second kappa shape index (κ2) is 5.28. The van der Waals surface area contributed by atoms with E-state index in [1.54, 1.807) is 0 Å². The molecule has 1 aromatic carbocycles. The molecule has 4 rings (SSSR count). The van der Waals surface area contributed by atoms with E-state index in [0.717, 1.165) is 23.8 Å². The van der Waals surface area contributed by atoms with Crippen molar-refractivity contribution in [2.24, 2.45) is 5.73 Å². The van der Waals surface area contributed by atoms with Crippen molar-refractivity contribution >= 4 is 0 Å². The minimum absolute atomic E-state index is 0.0938. The van der Waals surface area contributed by atoms with E-state index in [9.17, 15) is 0 Å². The molecule has 1 aliphatic carbocycles. The number of likely N-dealkylation sites (tertiary alicyclic amines) is 1. The molecule has 0 spiro atoms. The highest BCUT2D eigenvalue weighted by molar-refractivity contribution is 5.26. The molecule has 2 atom stereocenters. The zero-order valence-corrected chi connectivity index (χ0v) is 12.2. The van der Waals surface area contributed by atoms with Gasteiger partial charge in [0.1, 0.15) is 0 Å². The van der Waals surface area contributed by atoms with Crippen LogP contribution in [0.5, 0.6) is 0 Å². The first-order chi connectivity index (χ1) is 10.3. The van der Waals surface area contributed by atoms with Crippen molar-refractivity contribution in [2.75, 3.05) is 13.1 Å². The Morgan fingerprint density at radius 2 is 1.90 bits per heavy atom. The Labute approximate surface area is 125 Å². The van der Waals surface area contributed by atoms with Gasteiger partial charge in [-0.2, -0.15) is 0 Å². The zero-order chi connectivity index (χ0) is 14.2. The second-order valence-corrected chi connectivity index (χ2v) is 6.28. The van der Waals surface area contributed by atoms with Crippen molar-refractivity contribution in [3.63, 3.8) is 0 Å². The molecule has 0 amide bonds. The summed E-state index contributed by atoms with van der Waals surface area (Å²) in [6.07, 6.45) is 7.86. The van der Waals surface area contributed by atoms with Crippen LogP contribution in [0.3, 0.4) is 0 Å². The summed E-state index contributed by atoms with van der Waals surface area (Å²) in [5.41, 5.74) is 8.74. The lowest BCUT2D eigenvalue weighted by atomic mass is 10.0. The van der Waals surface area contributed by atoms with Gasteiger partial charge in [-0.3, -0.25) is 4.90 Å². The first-order valence-electron chi connectivity index (χ1n) is 7.89. The van der Waals surface area contributed by atoms with Gasteiger partial charge in [-0.1, -0.05) is 30.3 Å². The highest BCUT2D eigenvalue weighted by atomic mass is 15.3. The van der Waals surface area contributed by atoms with Crippen molar-refractivity contribution < 1.29 is 0 Å². The van der Waals surface area contributed by atoms with Crippen molar-refractivity contribution in [3.8, 4) is 0 Å². The highest BCUT2D eigenvalue weighted by Crippen LogP contribution is 2.34. The Balaban J connectivity index is 1.56. The van der Waals surface area contributed by atoms with Crippen LogP contribution in [0.15, 0.2) is 42.9 Å². The Bertz CT molecular complexity index is 602. The summed E-state index contributed by atoms with van der Waals surface area (Å²) in [5.74, 6) is 0. The molecule has 0 bridgehead atoms.